The van der Waals surface area contributed by atoms with Crippen LogP contribution in [0.25, 0.3) is 0 Å². The van der Waals surface area contributed by atoms with Crippen molar-refractivity contribution in [3.63, 3.8) is 0 Å². The average Bonchev–Trinajstić information content (AvgIpc) is 3.09. The normalized spacial score (nSPS) is 40.8. The Morgan fingerprint density at radius 2 is 1.85 bits per heavy atom. The summed E-state index contributed by atoms with van der Waals surface area (Å²) in [5.74, 6) is 0.865. The maximum atomic E-state index is 12.3. The summed E-state index contributed by atoms with van der Waals surface area (Å²) in [7, 11) is -3.07. The number of esters is 1. The molecular weight excluding hydrogens is 456 g/mol. The Kier molecular flexibility index (Phi) is 6.75. The lowest BCUT2D eigenvalue weighted by molar-refractivity contribution is -0.156. The van der Waals surface area contributed by atoms with E-state index >= 15 is 0 Å². The van der Waals surface area contributed by atoms with E-state index in [4.69, 9.17) is 13.7 Å². The molecule has 0 aromatic carbocycles. The number of methoxy groups -OCH3 is 1. The first-order valence-corrected chi connectivity index (χ1v) is 14.0. The van der Waals surface area contributed by atoms with Crippen LogP contribution in [0.1, 0.15) is 85.5 Å². The molecule has 1 aliphatic heterocycles. The third kappa shape index (κ3) is 4.58. The SMILES string of the molecule is CO[C@H]1C=C(CC[C@H]2/C(=C/OS(=O)(=O)O)CC[C@H]3[C@]2(C)CC[C@H]2C(C)(C)CCC[C@]32C)C(=O)O1. The van der Waals surface area contributed by atoms with Crippen molar-refractivity contribution in [1.29, 1.82) is 0 Å². The topological polar surface area (TPSA) is 99.1 Å². The van der Waals surface area contributed by atoms with Gasteiger partial charge in [0.1, 0.15) is 6.26 Å². The number of allylic oxidation sites excluding steroid dienone is 1. The lowest BCUT2D eigenvalue weighted by atomic mass is 9.39. The molecule has 0 saturated heterocycles. The molecular formula is C26H40O7S. The van der Waals surface area contributed by atoms with Gasteiger partial charge in [0.05, 0.1) is 0 Å². The molecule has 4 rings (SSSR count). The van der Waals surface area contributed by atoms with Crippen molar-refractivity contribution in [3.8, 4) is 0 Å². The quantitative estimate of drug-likeness (QED) is 0.291. The molecule has 34 heavy (non-hydrogen) atoms. The average molecular weight is 497 g/mol. The Hall–Kier alpha value is -1.38. The Balaban J connectivity index is 1.66. The first-order valence-electron chi connectivity index (χ1n) is 12.6. The van der Waals surface area contributed by atoms with Crippen LogP contribution in [0.2, 0.25) is 0 Å². The third-order valence-electron chi connectivity index (χ3n) is 9.88. The smallest absolute Gasteiger partial charge is 0.429 e. The van der Waals surface area contributed by atoms with Crippen LogP contribution in [0.15, 0.2) is 23.5 Å². The van der Waals surface area contributed by atoms with Crippen molar-refractivity contribution < 1.29 is 31.4 Å². The number of hydrogen-bond donors (Lipinski definition) is 1. The standard InChI is InChI=1S/C26H40O7S/c1-24(2)12-6-13-26(4)20(24)11-14-25(3)19(9-7-17-15-22(31-5)33-23(17)27)18(8-10-21(25)26)16-32-34(28,29)30/h15-16,19-22H,6-14H2,1-5H3,(H,28,29,30)/b18-16+/t19-,20-,21-,22+,25+,26-/m0/s1. The molecule has 0 spiro atoms. The second kappa shape index (κ2) is 8.93. The zero-order valence-corrected chi connectivity index (χ0v) is 21.9. The fraction of sp³-hybridized carbons (Fsp3) is 0.808. The van der Waals surface area contributed by atoms with Gasteiger partial charge in [-0.3, -0.25) is 4.55 Å². The van der Waals surface area contributed by atoms with E-state index in [9.17, 15) is 17.8 Å². The Bertz CT molecular complexity index is 981. The summed E-state index contributed by atoms with van der Waals surface area (Å²) in [6.45, 7) is 9.69. The summed E-state index contributed by atoms with van der Waals surface area (Å²) in [6.07, 6.45) is 11.2. The molecule has 0 bridgehead atoms. The number of hydrogen-bond acceptors (Lipinski definition) is 6. The van der Waals surface area contributed by atoms with Crippen LogP contribution in [0.3, 0.4) is 0 Å². The zero-order valence-electron chi connectivity index (χ0n) is 21.1. The molecule has 3 aliphatic carbocycles. The lowest BCUT2D eigenvalue weighted by Crippen LogP contribution is -2.58. The highest BCUT2D eigenvalue weighted by atomic mass is 32.3. The van der Waals surface area contributed by atoms with Gasteiger partial charge in [-0.25, -0.2) is 4.79 Å². The van der Waals surface area contributed by atoms with E-state index in [1.807, 2.05) is 0 Å². The third-order valence-corrected chi connectivity index (χ3v) is 10.2. The van der Waals surface area contributed by atoms with Gasteiger partial charge in [-0.2, -0.15) is 8.42 Å². The van der Waals surface area contributed by atoms with Crippen molar-refractivity contribution in [2.45, 2.75) is 91.8 Å². The maximum absolute atomic E-state index is 12.3. The van der Waals surface area contributed by atoms with Crippen LogP contribution in [-0.2, 0) is 28.9 Å². The van der Waals surface area contributed by atoms with Crippen molar-refractivity contribution in [1.82, 2.24) is 0 Å². The van der Waals surface area contributed by atoms with Gasteiger partial charge in [-0.15, -0.1) is 0 Å². The molecule has 1 heterocycles. The number of carbonyl (C=O) groups excluding carboxylic acids is 1. The van der Waals surface area contributed by atoms with Gasteiger partial charge in [-0.1, -0.05) is 34.1 Å². The summed E-state index contributed by atoms with van der Waals surface area (Å²) in [5, 5.41) is 0. The van der Waals surface area contributed by atoms with E-state index in [2.05, 4.69) is 27.7 Å². The van der Waals surface area contributed by atoms with Crippen molar-refractivity contribution in [2.24, 2.45) is 34.0 Å². The van der Waals surface area contributed by atoms with Gasteiger partial charge in [0.25, 0.3) is 0 Å². The molecule has 0 aromatic rings. The monoisotopic (exact) mass is 496 g/mol. The molecule has 6 atom stereocenters. The molecule has 0 amide bonds. The van der Waals surface area contributed by atoms with Gasteiger partial charge in [0.15, 0.2) is 0 Å². The van der Waals surface area contributed by atoms with Crippen molar-refractivity contribution in [2.75, 3.05) is 7.11 Å². The second-order valence-electron chi connectivity index (χ2n) is 12.0. The number of fused-ring (bicyclic) bond motifs is 3. The largest absolute Gasteiger partial charge is 0.445 e. The molecule has 0 radical (unpaired) electrons. The molecule has 0 unspecified atom stereocenters. The molecule has 1 N–H and O–H groups in total. The minimum absolute atomic E-state index is 0.0466. The van der Waals surface area contributed by atoms with E-state index in [0.717, 1.165) is 31.3 Å². The van der Waals surface area contributed by atoms with Gasteiger partial charge in [0.2, 0.25) is 6.29 Å². The van der Waals surface area contributed by atoms with E-state index in [-0.39, 0.29) is 22.7 Å². The molecule has 4 aliphatic rings. The van der Waals surface area contributed by atoms with Crippen LogP contribution < -0.4 is 0 Å². The van der Waals surface area contributed by atoms with Crippen LogP contribution in [0, 0.1) is 34.0 Å². The molecule has 192 valence electrons. The summed E-state index contributed by atoms with van der Waals surface area (Å²) in [6, 6.07) is 0. The van der Waals surface area contributed by atoms with Crippen molar-refractivity contribution >= 4 is 16.4 Å². The van der Waals surface area contributed by atoms with Crippen LogP contribution in [0.4, 0.5) is 0 Å². The summed E-state index contributed by atoms with van der Waals surface area (Å²) < 4.78 is 47.0. The highest BCUT2D eigenvalue weighted by Crippen LogP contribution is 2.69. The molecule has 3 saturated carbocycles. The number of ether oxygens (including phenoxy) is 2. The minimum Gasteiger partial charge on any atom is -0.429 e. The lowest BCUT2D eigenvalue weighted by Gasteiger charge is -2.66. The van der Waals surface area contributed by atoms with E-state index in [1.54, 1.807) is 6.08 Å². The van der Waals surface area contributed by atoms with Gasteiger partial charge in [0, 0.05) is 12.7 Å². The zero-order chi connectivity index (χ0) is 24.9. The number of carbonyl (C=O) groups is 1. The summed E-state index contributed by atoms with van der Waals surface area (Å²) in [5.41, 5.74) is 2.02. The Morgan fingerprint density at radius 1 is 1.12 bits per heavy atom. The second-order valence-corrected chi connectivity index (χ2v) is 13.1. The molecule has 0 aromatic heterocycles. The summed E-state index contributed by atoms with van der Waals surface area (Å²) >= 11 is 0. The number of cyclic esters (lactones) is 1. The number of rotatable bonds is 6. The molecule has 3 fully saturated rings. The fourth-order valence-electron chi connectivity index (χ4n) is 8.50. The predicted molar refractivity (Wildman–Crippen MR) is 128 cm³/mol. The van der Waals surface area contributed by atoms with Crippen LogP contribution in [0.5, 0.6) is 0 Å². The predicted octanol–water partition coefficient (Wildman–Crippen LogP) is 5.58. The Morgan fingerprint density at radius 3 is 2.50 bits per heavy atom. The highest BCUT2D eigenvalue weighted by molar-refractivity contribution is 7.81. The Labute approximate surface area is 204 Å². The van der Waals surface area contributed by atoms with Crippen molar-refractivity contribution in [3.05, 3.63) is 23.5 Å². The van der Waals surface area contributed by atoms with E-state index in [0.29, 0.717) is 35.7 Å². The molecule has 7 nitrogen and oxygen atoms in total. The van der Waals surface area contributed by atoms with Gasteiger partial charge >= 0.3 is 16.4 Å². The fourth-order valence-corrected chi connectivity index (χ4v) is 8.74. The van der Waals surface area contributed by atoms with E-state index < -0.39 is 16.7 Å². The van der Waals surface area contributed by atoms with Crippen LogP contribution in [-0.4, -0.2) is 32.3 Å². The van der Waals surface area contributed by atoms with Crippen LogP contribution >= 0.6 is 0 Å². The minimum atomic E-state index is -4.57. The van der Waals surface area contributed by atoms with E-state index in [1.165, 1.54) is 32.6 Å². The highest BCUT2D eigenvalue weighted by Gasteiger charge is 2.61. The van der Waals surface area contributed by atoms with Gasteiger partial charge in [-0.05, 0) is 97.0 Å². The first kappa shape index (κ1) is 25.7. The van der Waals surface area contributed by atoms with Gasteiger partial charge < -0.3 is 13.7 Å². The first-order chi connectivity index (χ1) is 15.8. The summed E-state index contributed by atoms with van der Waals surface area (Å²) in [4.78, 5) is 12.3. The maximum Gasteiger partial charge on any atom is 0.445 e. The molecule has 8 heteroatoms.